The monoisotopic (exact) mass is 153 g/mol. The summed E-state index contributed by atoms with van der Waals surface area (Å²) in [6, 6.07) is 0. The first-order chi connectivity index (χ1) is 5.20. The Hall–Kier alpha value is -0.0400. The summed E-state index contributed by atoms with van der Waals surface area (Å²) in [5.74, 6) is 1.01. The zero-order valence-corrected chi connectivity index (χ0v) is 7.77. The summed E-state index contributed by atoms with van der Waals surface area (Å²) in [5, 5.41) is 0. The van der Waals surface area contributed by atoms with Crippen LogP contribution in [0.25, 0.3) is 0 Å². The normalized spacial score (nSPS) is 32.2. The van der Waals surface area contributed by atoms with Crippen molar-refractivity contribution in [1.82, 2.24) is 4.90 Å². The highest BCUT2D eigenvalue weighted by Crippen LogP contribution is 2.44. The molecule has 0 aromatic carbocycles. The first-order valence-electron chi connectivity index (χ1n) is 4.89. The van der Waals surface area contributed by atoms with Gasteiger partial charge in [0.25, 0.3) is 0 Å². The molecule has 1 heteroatoms. The van der Waals surface area contributed by atoms with Crippen molar-refractivity contribution in [3.8, 4) is 0 Å². The molecule has 0 amide bonds. The molecule has 2 rings (SSSR count). The molecule has 2 aliphatic rings. The third kappa shape index (κ3) is 1.31. The maximum Gasteiger partial charge on any atom is 0.00474 e. The second-order valence-corrected chi connectivity index (χ2v) is 4.85. The average Bonchev–Trinajstić information content (AvgIpc) is 1.92. The second kappa shape index (κ2) is 2.48. The first-order valence-corrected chi connectivity index (χ1v) is 4.89. The number of rotatable bonds is 0. The molecular formula is C10H19N. The van der Waals surface area contributed by atoms with E-state index in [4.69, 9.17) is 0 Å². The van der Waals surface area contributed by atoms with Gasteiger partial charge in [-0.05, 0) is 31.2 Å². The molecule has 1 nitrogen and oxygen atoms in total. The number of nitrogens with zero attached hydrogens (tertiary/aromatic N) is 1. The Morgan fingerprint density at radius 1 is 1.18 bits per heavy atom. The fourth-order valence-corrected chi connectivity index (χ4v) is 2.79. The van der Waals surface area contributed by atoms with Crippen LogP contribution in [0, 0.1) is 11.3 Å². The molecule has 1 saturated carbocycles. The van der Waals surface area contributed by atoms with Crippen LogP contribution in [0.4, 0.5) is 0 Å². The van der Waals surface area contributed by atoms with Gasteiger partial charge in [-0.1, -0.05) is 19.8 Å². The molecule has 1 saturated heterocycles. The van der Waals surface area contributed by atoms with Gasteiger partial charge in [0.05, 0.1) is 0 Å². The van der Waals surface area contributed by atoms with E-state index in [-0.39, 0.29) is 0 Å². The van der Waals surface area contributed by atoms with Crippen LogP contribution in [0.15, 0.2) is 0 Å². The molecule has 64 valence electrons. The van der Waals surface area contributed by atoms with Crippen molar-refractivity contribution in [2.45, 2.75) is 32.6 Å². The topological polar surface area (TPSA) is 3.24 Å². The molecule has 1 aliphatic heterocycles. The summed E-state index contributed by atoms with van der Waals surface area (Å²) < 4.78 is 0. The van der Waals surface area contributed by atoms with Gasteiger partial charge in [-0.15, -0.1) is 0 Å². The Balaban J connectivity index is 1.88. The van der Waals surface area contributed by atoms with Crippen LogP contribution in [-0.2, 0) is 0 Å². The first kappa shape index (κ1) is 7.60. The maximum atomic E-state index is 2.45. The van der Waals surface area contributed by atoms with Crippen molar-refractivity contribution in [1.29, 1.82) is 0 Å². The maximum absolute atomic E-state index is 2.45. The minimum absolute atomic E-state index is 0.779. The molecule has 0 N–H and O–H groups in total. The third-order valence-electron chi connectivity index (χ3n) is 3.55. The SMILES string of the molecule is CC1CCC2(CC1)CN(C)C2. The molecule has 11 heavy (non-hydrogen) atoms. The van der Waals surface area contributed by atoms with Crippen LogP contribution in [0.1, 0.15) is 32.6 Å². The fourth-order valence-electron chi connectivity index (χ4n) is 2.79. The summed E-state index contributed by atoms with van der Waals surface area (Å²) >= 11 is 0. The van der Waals surface area contributed by atoms with Crippen molar-refractivity contribution in [2.24, 2.45) is 11.3 Å². The van der Waals surface area contributed by atoms with E-state index in [1.807, 2.05) is 0 Å². The van der Waals surface area contributed by atoms with Gasteiger partial charge in [-0.25, -0.2) is 0 Å². The van der Waals surface area contributed by atoms with Gasteiger partial charge in [-0.2, -0.15) is 0 Å². The van der Waals surface area contributed by atoms with Gasteiger partial charge in [0.1, 0.15) is 0 Å². The van der Waals surface area contributed by atoms with E-state index in [0.29, 0.717) is 0 Å². The zero-order chi connectivity index (χ0) is 7.90. The van der Waals surface area contributed by atoms with E-state index in [1.165, 1.54) is 38.8 Å². The summed E-state index contributed by atoms with van der Waals surface area (Å²) in [6.45, 7) is 5.15. The quantitative estimate of drug-likeness (QED) is 0.515. The molecule has 1 heterocycles. The summed E-state index contributed by atoms with van der Waals surface area (Å²) in [5.41, 5.74) is 0.779. The Kier molecular flexibility index (Phi) is 1.71. The molecule has 2 fully saturated rings. The molecule has 0 atom stereocenters. The molecular weight excluding hydrogens is 134 g/mol. The average molecular weight is 153 g/mol. The molecule has 0 unspecified atom stereocenters. The molecule has 0 bridgehead atoms. The lowest BCUT2D eigenvalue weighted by atomic mass is 9.66. The van der Waals surface area contributed by atoms with Crippen LogP contribution in [0.5, 0.6) is 0 Å². The van der Waals surface area contributed by atoms with E-state index in [9.17, 15) is 0 Å². The predicted octanol–water partition coefficient (Wildman–Crippen LogP) is 2.13. The summed E-state index contributed by atoms with van der Waals surface area (Å²) in [4.78, 5) is 2.45. The van der Waals surface area contributed by atoms with E-state index in [2.05, 4.69) is 18.9 Å². The molecule has 0 aromatic heterocycles. The van der Waals surface area contributed by atoms with Crippen LogP contribution < -0.4 is 0 Å². The van der Waals surface area contributed by atoms with Crippen LogP contribution in [0.2, 0.25) is 0 Å². The van der Waals surface area contributed by atoms with Gasteiger partial charge in [0, 0.05) is 13.1 Å². The number of hydrogen-bond acceptors (Lipinski definition) is 1. The lowest BCUT2D eigenvalue weighted by molar-refractivity contribution is -0.0192. The standard InChI is InChI=1S/C10H19N/c1-9-3-5-10(6-4-9)7-11(2)8-10/h9H,3-8H2,1-2H3. The van der Waals surface area contributed by atoms with Gasteiger partial charge >= 0.3 is 0 Å². The predicted molar refractivity (Wildman–Crippen MR) is 47.6 cm³/mol. The van der Waals surface area contributed by atoms with E-state index >= 15 is 0 Å². The third-order valence-corrected chi connectivity index (χ3v) is 3.55. The Labute approximate surface area is 69.8 Å². The van der Waals surface area contributed by atoms with Gasteiger partial charge in [0.2, 0.25) is 0 Å². The lowest BCUT2D eigenvalue weighted by Gasteiger charge is -2.52. The molecule has 1 aliphatic carbocycles. The number of hydrogen-bond donors (Lipinski definition) is 0. The van der Waals surface area contributed by atoms with Crippen molar-refractivity contribution >= 4 is 0 Å². The summed E-state index contributed by atoms with van der Waals surface area (Å²) in [6.07, 6.45) is 5.96. The fraction of sp³-hybridized carbons (Fsp3) is 1.00. The van der Waals surface area contributed by atoms with Crippen LogP contribution in [-0.4, -0.2) is 25.0 Å². The van der Waals surface area contributed by atoms with Gasteiger partial charge in [0.15, 0.2) is 0 Å². The smallest absolute Gasteiger partial charge is 0.00474 e. The summed E-state index contributed by atoms with van der Waals surface area (Å²) in [7, 11) is 2.24. The van der Waals surface area contributed by atoms with E-state index < -0.39 is 0 Å². The van der Waals surface area contributed by atoms with Crippen molar-refractivity contribution < 1.29 is 0 Å². The Morgan fingerprint density at radius 2 is 1.73 bits per heavy atom. The highest BCUT2D eigenvalue weighted by molar-refractivity contribution is 4.95. The van der Waals surface area contributed by atoms with E-state index in [1.54, 1.807) is 0 Å². The van der Waals surface area contributed by atoms with Crippen molar-refractivity contribution in [3.05, 3.63) is 0 Å². The Morgan fingerprint density at radius 3 is 2.18 bits per heavy atom. The molecule has 0 aromatic rings. The molecule has 0 radical (unpaired) electrons. The van der Waals surface area contributed by atoms with Crippen molar-refractivity contribution in [3.63, 3.8) is 0 Å². The zero-order valence-electron chi connectivity index (χ0n) is 7.77. The lowest BCUT2D eigenvalue weighted by Crippen LogP contribution is -2.55. The highest BCUT2D eigenvalue weighted by Gasteiger charge is 2.42. The molecule has 1 spiro atoms. The van der Waals surface area contributed by atoms with Crippen molar-refractivity contribution in [2.75, 3.05) is 20.1 Å². The van der Waals surface area contributed by atoms with E-state index in [0.717, 1.165) is 11.3 Å². The minimum Gasteiger partial charge on any atom is -0.305 e. The van der Waals surface area contributed by atoms with Gasteiger partial charge < -0.3 is 4.90 Å². The van der Waals surface area contributed by atoms with Crippen LogP contribution >= 0.6 is 0 Å². The largest absolute Gasteiger partial charge is 0.305 e. The van der Waals surface area contributed by atoms with Gasteiger partial charge in [-0.3, -0.25) is 0 Å². The van der Waals surface area contributed by atoms with Crippen LogP contribution in [0.3, 0.4) is 0 Å². The highest BCUT2D eigenvalue weighted by atomic mass is 15.2. The Bertz CT molecular complexity index is 137. The second-order valence-electron chi connectivity index (χ2n) is 4.85. The number of likely N-dealkylation sites (tertiary alicyclic amines) is 1. The minimum atomic E-state index is 0.779.